The van der Waals surface area contributed by atoms with Crippen LogP contribution in [0.2, 0.25) is 0 Å². The van der Waals surface area contributed by atoms with Crippen LogP contribution in [0.4, 0.5) is 0 Å². The molecule has 3 N–H and O–H groups in total. The monoisotopic (exact) mass is 462 g/mol. The van der Waals surface area contributed by atoms with Crippen molar-refractivity contribution in [2.75, 3.05) is 6.61 Å². The van der Waals surface area contributed by atoms with Gasteiger partial charge in [0.25, 0.3) is 0 Å². The lowest BCUT2D eigenvalue weighted by Gasteiger charge is -2.05. The predicted molar refractivity (Wildman–Crippen MR) is 107 cm³/mol. The Labute approximate surface area is 179 Å². The number of hydrogen-bond donors (Lipinski definition) is 3. The quantitative estimate of drug-likeness (QED) is 0.0685. The van der Waals surface area contributed by atoms with Gasteiger partial charge in [0, 0.05) is 15.1 Å². The van der Waals surface area contributed by atoms with Gasteiger partial charge < -0.3 is 19.6 Å². The summed E-state index contributed by atoms with van der Waals surface area (Å²) in [4.78, 5) is 30.4. The Bertz CT molecular complexity index is 382. The van der Waals surface area contributed by atoms with E-state index in [1.165, 1.54) is 64.2 Å². The molecule has 12 heteroatoms. The average Bonchev–Trinajstić information content (AvgIpc) is 2.65. The van der Waals surface area contributed by atoms with Gasteiger partial charge >= 0.3 is 7.82 Å². The van der Waals surface area contributed by atoms with Crippen molar-refractivity contribution in [3.8, 4) is 0 Å². The smallest absolute Gasteiger partial charge is 0.315 e. The summed E-state index contributed by atoms with van der Waals surface area (Å²) in [5, 5.41) is 19.9. The van der Waals surface area contributed by atoms with Crippen molar-refractivity contribution in [3.63, 3.8) is 0 Å². The highest BCUT2D eigenvalue weighted by Gasteiger charge is 2.00. The zero-order valence-corrected chi connectivity index (χ0v) is 19.0. The molecule has 0 aromatic heterocycles. The normalized spacial score (nSPS) is 11.3. The summed E-state index contributed by atoms with van der Waals surface area (Å²) in [5.74, 6) is 0.851. The minimum absolute atomic E-state index is 0.420. The van der Waals surface area contributed by atoms with Gasteiger partial charge in [0.2, 0.25) is 0 Å². The van der Waals surface area contributed by atoms with Gasteiger partial charge in [-0.05, 0) is 22.4 Å². The van der Waals surface area contributed by atoms with Crippen molar-refractivity contribution in [1.82, 2.24) is 0 Å². The van der Waals surface area contributed by atoms with Crippen LogP contribution in [-0.4, -0.2) is 21.3 Å². The molecule has 0 radical (unpaired) electrons. The van der Waals surface area contributed by atoms with Crippen LogP contribution in [-0.2, 0) is 39.5 Å². The number of hydrogen-bond acceptors (Lipinski definition) is 8. The van der Waals surface area contributed by atoms with Crippen molar-refractivity contribution in [1.29, 1.82) is 0 Å². The fourth-order valence-electron chi connectivity index (χ4n) is 2.44. The van der Waals surface area contributed by atoms with Crippen LogP contribution in [0, 0.1) is 5.92 Å². The highest BCUT2D eigenvalue weighted by Crippen LogP contribution is 2.25. The Balaban J connectivity index is 0. The minimum Gasteiger partial charge on any atom is -0.315 e. The van der Waals surface area contributed by atoms with Crippen molar-refractivity contribution >= 4 is 7.82 Å². The molecule has 0 fully saturated rings. The molecule has 0 atom stereocenters. The van der Waals surface area contributed by atoms with Gasteiger partial charge in [0.15, 0.2) is 0 Å². The summed E-state index contributed by atoms with van der Waals surface area (Å²) in [6.07, 6.45) is 16.5. The van der Waals surface area contributed by atoms with E-state index in [0.29, 0.717) is 6.61 Å². The van der Waals surface area contributed by atoms with E-state index < -0.39 is 7.82 Å². The molecule has 0 amide bonds. The van der Waals surface area contributed by atoms with Crippen LogP contribution in [0.15, 0.2) is 12.8 Å². The summed E-state index contributed by atoms with van der Waals surface area (Å²) in [6, 6.07) is 0. The van der Waals surface area contributed by atoms with Crippen molar-refractivity contribution in [2.24, 2.45) is 5.92 Å². The van der Waals surface area contributed by atoms with E-state index in [-0.39, 0.29) is 0 Å². The van der Waals surface area contributed by atoms with E-state index in [1.54, 1.807) is 0 Å². The first-order valence-corrected chi connectivity index (χ1v) is 11.8. The second-order valence-electron chi connectivity index (χ2n) is 7.01. The molecule has 0 aliphatic heterocycles. The third-order valence-corrected chi connectivity index (χ3v) is 3.78. The molecular weight excluding hydrogens is 423 g/mol. The van der Waals surface area contributed by atoms with E-state index in [4.69, 9.17) is 24.1 Å². The van der Waals surface area contributed by atoms with E-state index in [2.05, 4.69) is 50.5 Å². The first-order valence-electron chi connectivity index (χ1n) is 10.3. The Kier molecular flexibility index (Phi) is 26.0. The standard InChI is InChI=1S/C18H36O7.H3O4P/c1-4-19-21-23-25-24-22-20-17-15-13-11-9-7-5-6-8-10-12-14-16-18(2)3;1-5(2,3)4/h4,18H,1,5-17H2,2-3H3;(H3,1,2,3,4). The summed E-state index contributed by atoms with van der Waals surface area (Å²) in [6.45, 7) is 8.22. The molecule has 0 unspecified atom stereocenters. The highest BCUT2D eigenvalue weighted by atomic mass is 31.2. The molecule has 182 valence electrons. The molecule has 0 spiro atoms. The maximum atomic E-state index is 8.88. The minimum atomic E-state index is -4.64. The van der Waals surface area contributed by atoms with Gasteiger partial charge in [-0.3, -0.25) is 0 Å². The average molecular weight is 462 g/mol. The van der Waals surface area contributed by atoms with Crippen LogP contribution in [0.5, 0.6) is 0 Å². The summed E-state index contributed by atoms with van der Waals surface area (Å²) in [5.41, 5.74) is 0. The number of phosphoric acid groups is 1. The fourth-order valence-corrected chi connectivity index (χ4v) is 2.44. The lowest BCUT2D eigenvalue weighted by atomic mass is 10.0. The Morgan fingerprint density at radius 1 is 0.733 bits per heavy atom. The molecule has 0 saturated carbocycles. The summed E-state index contributed by atoms with van der Waals surface area (Å²) < 4.78 is 8.88. The van der Waals surface area contributed by atoms with Crippen molar-refractivity contribution in [3.05, 3.63) is 12.8 Å². The van der Waals surface area contributed by atoms with Gasteiger partial charge in [-0.1, -0.05) is 91.1 Å². The largest absolute Gasteiger partial charge is 0.466 e. The van der Waals surface area contributed by atoms with Gasteiger partial charge in [-0.25, -0.2) is 9.45 Å². The van der Waals surface area contributed by atoms with Crippen LogP contribution < -0.4 is 0 Å². The van der Waals surface area contributed by atoms with E-state index in [1.807, 2.05) is 0 Å². The molecule has 0 aromatic rings. The zero-order chi connectivity index (χ0) is 22.9. The molecular formula is C18H39O11P. The molecule has 0 aliphatic carbocycles. The Morgan fingerprint density at radius 2 is 1.13 bits per heavy atom. The molecule has 0 bridgehead atoms. The van der Waals surface area contributed by atoms with Gasteiger partial charge in [-0.2, -0.15) is 0 Å². The first kappa shape index (κ1) is 31.6. The van der Waals surface area contributed by atoms with E-state index >= 15 is 0 Å². The van der Waals surface area contributed by atoms with Crippen LogP contribution in [0.25, 0.3) is 0 Å². The third kappa shape index (κ3) is 41.7. The molecule has 0 rings (SSSR count). The lowest BCUT2D eigenvalue weighted by molar-refractivity contribution is -0.786. The summed E-state index contributed by atoms with van der Waals surface area (Å²) in [7, 11) is -4.64. The van der Waals surface area contributed by atoms with Gasteiger partial charge in [-0.15, -0.1) is 0 Å². The predicted octanol–water partition coefficient (Wildman–Crippen LogP) is 5.14. The SMILES string of the molecule is C=COOOOOOOCCCCCCCCCCCCCC(C)C.O=P(O)(O)O. The molecule has 0 saturated heterocycles. The van der Waals surface area contributed by atoms with Crippen molar-refractivity contribution < 1.29 is 54.2 Å². The lowest BCUT2D eigenvalue weighted by Crippen LogP contribution is -2.01. The first-order chi connectivity index (χ1) is 14.3. The van der Waals surface area contributed by atoms with Crippen LogP contribution in [0.1, 0.15) is 90.9 Å². The van der Waals surface area contributed by atoms with Crippen LogP contribution >= 0.6 is 7.82 Å². The number of rotatable bonds is 21. The second kappa shape index (κ2) is 24.7. The second-order valence-corrected chi connectivity index (χ2v) is 8.04. The molecule has 0 heterocycles. The Morgan fingerprint density at radius 3 is 1.60 bits per heavy atom. The fraction of sp³-hybridized carbons (Fsp3) is 0.889. The topological polar surface area (TPSA) is 142 Å². The van der Waals surface area contributed by atoms with Crippen LogP contribution in [0.3, 0.4) is 0 Å². The third-order valence-electron chi connectivity index (χ3n) is 3.78. The summed E-state index contributed by atoms with van der Waals surface area (Å²) >= 11 is 0. The van der Waals surface area contributed by atoms with E-state index in [9.17, 15) is 0 Å². The Hall–Kier alpha value is -0.590. The molecule has 0 aromatic carbocycles. The number of unbranched alkanes of at least 4 members (excludes halogenated alkanes) is 10. The maximum Gasteiger partial charge on any atom is 0.466 e. The molecule has 30 heavy (non-hydrogen) atoms. The molecule has 11 nitrogen and oxygen atoms in total. The van der Waals surface area contributed by atoms with Gasteiger partial charge in [0.05, 0.1) is 6.61 Å². The zero-order valence-electron chi connectivity index (χ0n) is 18.1. The van der Waals surface area contributed by atoms with E-state index in [0.717, 1.165) is 25.0 Å². The van der Waals surface area contributed by atoms with Gasteiger partial charge in [0.1, 0.15) is 6.26 Å². The van der Waals surface area contributed by atoms with Crippen molar-refractivity contribution in [2.45, 2.75) is 90.9 Å². The highest BCUT2D eigenvalue weighted by molar-refractivity contribution is 7.45. The maximum absolute atomic E-state index is 8.88. The molecule has 0 aliphatic rings.